The first-order valence-corrected chi connectivity index (χ1v) is 14.8. The lowest BCUT2D eigenvalue weighted by atomic mass is 9.94. The number of nitrogens with one attached hydrogen (secondary N) is 1. The van der Waals surface area contributed by atoms with Gasteiger partial charge in [-0.15, -0.1) is 0 Å². The Morgan fingerprint density at radius 3 is 1.72 bits per heavy atom. The molecule has 3 heteroatoms. The summed E-state index contributed by atoms with van der Waals surface area (Å²) in [6.45, 7) is 11.9. The summed E-state index contributed by atoms with van der Waals surface area (Å²) in [5.74, 6) is 2.88. The molecular weight excluding hydrogens is 390 g/mol. The van der Waals surface area contributed by atoms with Crippen LogP contribution >= 0.6 is 0 Å². The minimum absolute atomic E-state index is 0.545. The topological polar surface area (TPSA) is 27.6 Å². The Bertz CT molecular complexity index is 459. The normalized spacial score (nSPS) is 20.8. The van der Waals surface area contributed by atoms with Gasteiger partial charge in [0.1, 0.15) is 0 Å². The van der Waals surface area contributed by atoms with Gasteiger partial charge in [0.25, 0.3) is 0 Å². The van der Waals surface area contributed by atoms with Crippen LogP contribution in [0, 0.1) is 11.8 Å². The average molecular weight is 448 g/mol. The van der Waals surface area contributed by atoms with Crippen molar-refractivity contribution < 1.29 is 0 Å². The van der Waals surface area contributed by atoms with Gasteiger partial charge in [-0.1, -0.05) is 105 Å². The molecule has 0 bridgehead atoms. The van der Waals surface area contributed by atoms with Crippen molar-refractivity contribution in [2.24, 2.45) is 16.8 Å². The molecule has 2 unspecified atom stereocenters. The Morgan fingerprint density at radius 1 is 0.750 bits per heavy atom. The van der Waals surface area contributed by atoms with Gasteiger partial charge in [0.15, 0.2) is 5.96 Å². The van der Waals surface area contributed by atoms with Gasteiger partial charge in [-0.3, -0.25) is 0 Å². The minimum atomic E-state index is 0.545. The number of nitrogens with zero attached hydrogens (tertiary/aromatic N) is 2. The smallest absolute Gasteiger partial charge is 0.194 e. The molecule has 0 amide bonds. The van der Waals surface area contributed by atoms with E-state index >= 15 is 0 Å². The third-order valence-corrected chi connectivity index (χ3v) is 8.16. The van der Waals surface area contributed by atoms with E-state index in [0.717, 1.165) is 11.8 Å². The Balaban J connectivity index is 2.22. The maximum absolute atomic E-state index is 5.50. The first-order chi connectivity index (χ1) is 15.7. The number of hydrogen-bond donors (Lipinski definition) is 1. The number of rotatable bonds is 14. The molecule has 0 aromatic rings. The SMILES string of the molecule is CCCCC(CC)CN(CC(CC)CCCC)/C(=N/C1CCCCC1)NC1CCCCC1. The molecule has 0 heterocycles. The zero-order chi connectivity index (χ0) is 23.0. The highest BCUT2D eigenvalue weighted by Crippen LogP contribution is 2.24. The molecule has 0 aliphatic heterocycles. The first kappa shape index (κ1) is 27.5. The molecule has 0 spiro atoms. The summed E-state index contributed by atoms with van der Waals surface area (Å²) < 4.78 is 0. The Hall–Kier alpha value is -0.730. The molecule has 0 aromatic heterocycles. The Labute approximate surface area is 201 Å². The fraction of sp³-hybridized carbons (Fsp3) is 0.966. The van der Waals surface area contributed by atoms with Crippen molar-refractivity contribution in [3.63, 3.8) is 0 Å². The molecule has 0 radical (unpaired) electrons. The first-order valence-electron chi connectivity index (χ1n) is 14.8. The monoisotopic (exact) mass is 447 g/mol. The molecule has 2 aliphatic rings. The fourth-order valence-corrected chi connectivity index (χ4v) is 5.73. The van der Waals surface area contributed by atoms with Crippen molar-refractivity contribution in [3.05, 3.63) is 0 Å². The predicted molar refractivity (Wildman–Crippen MR) is 143 cm³/mol. The van der Waals surface area contributed by atoms with Crippen molar-refractivity contribution in [1.82, 2.24) is 10.2 Å². The van der Waals surface area contributed by atoms with Gasteiger partial charge in [-0.2, -0.15) is 0 Å². The van der Waals surface area contributed by atoms with E-state index in [9.17, 15) is 0 Å². The van der Waals surface area contributed by atoms with Crippen molar-refractivity contribution in [2.75, 3.05) is 13.1 Å². The van der Waals surface area contributed by atoms with E-state index in [0.29, 0.717) is 12.1 Å². The highest BCUT2D eigenvalue weighted by atomic mass is 15.3. The van der Waals surface area contributed by atoms with Crippen LogP contribution in [0.1, 0.15) is 143 Å². The molecule has 1 N–H and O–H groups in total. The van der Waals surface area contributed by atoms with Gasteiger partial charge in [0.05, 0.1) is 6.04 Å². The van der Waals surface area contributed by atoms with Crippen molar-refractivity contribution in [3.8, 4) is 0 Å². The Kier molecular flexibility index (Phi) is 14.5. The molecule has 2 saturated carbocycles. The van der Waals surface area contributed by atoms with E-state index in [2.05, 4.69) is 37.9 Å². The van der Waals surface area contributed by atoms with Crippen LogP contribution in [0.5, 0.6) is 0 Å². The summed E-state index contributed by atoms with van der Waals surface area (Å²) >= 11 is 0. The summed E-state index contributed by atoms with van der Waals surface area (Å²) in [5, 5.41) is 4.05. The van der Waals surface area contributed by atoms with Crippen molar-refractivity contribution in [1.29, 1.82) is 0 Å². The molecule has 2 atom stereocenters. The van der Waals surface area contributed by atoms with E-state index < -0.39 is 0 Å². The van der Waals surface area contributed by atoms with Crippen LogP contribution in [-0.4, -0.2) is 36.0 Å². The molecule has 188 valence electrons. The van der Waals surface area contributed by atoms with Crippen LogP contribution < -0.4 is 5.32 Å². The zero-order valence-corrected chi connectivity index (χ0v) is 22.3. The second kappa shape index (κ2) is 16.8. The van der Waals surface area contributed by atoms with Crippen molar-refractivity contribution in [2.45, 2.75) is 155 Å². The van der Waals surface area contributed by atoms with Gasteiger partial charge < -0.3 is 10.2 Å². The van der Waals surface area contributed by atoms with Gasteiger partial charge >= 0.3 is 0 Å². The highest BCUT2D eigenvalue weighted by Gasteiger charge is 2.24. The average Bonchev–Trinajstić information content (AvgIpc) is 2.84. The van der Waals surface area contributed by atoms with Gasteiger partial charge in [-0.05, 0) is 50.4 Å². The maximum Gasteiger partial charge on any atom is 0.194 e. The van der Waals surface area contributed by atoms with Crippen molar-refractivity contribution >= 4 is 5.96 Å². The van der Waals surface area contributed by atoms with Gasteiger partial charge in [-0.25, -0.2) is 4.99 Å². The van der Waals surface area contributed by atoms with Gasteiger partial charge in [0.2, 0.25) is 0 Å². The minimum Gasteiger partial charge on any atom is -0.353 e. The van der Waals surface area contributed by atoms with E-state index in [-0.39, 0.29) is 0 Å². The summed E-state index contributed by atoms with van der Waals surface area (Å²) in [4.78, 5) is 8.24. The molecule has 3 nitrogen and oxygen atoms in total. The lowest BCUT2D eigenvalue weighted by Crippen LogP contribution is -2.50. The summed E-state index contributed by atoms with van der Waals surface area (Å²) in [5.41, 5.74) is 0. The van der Waals surface area contributed by atoms with E-state index in [4.69, 9.17) is 4.99 Å². The number of aliphatic imine (C=N–C) groups is 1. The van der Waals surface area contributed by atoms with Crippen LogP contribution in [0.15, 0.2) is 4.99 Å². The van der Waals surface area contributed by atoms with Crippen LogP contribution in [0.4, 0.5) is 0 Å². The molecule has 2 aliphatic carbocycles. The van der Waals surface area contributed by atoms with E-state index in [1.54, 1.807) is 0 Å². The van der Waals surface area contributed by atoms with Crippen LogP contribution in [-0.2, 0) is 0 Å². The van der Waals surface area contributed by atoms with Crippen LogP contribution in [0.3, 0.4) is 0 Å². The molecule has 0 saturated heterocycles. The highest BCUT2D eigenvalue weighted by molar-refractivity contribution is 5.80. The molecule has 2 rings (SSSR count). The lowest BCUT2D eigenvalue weighted by molar-refractivity contribution is 0.249. The summed E-state index contributed by atoms with van der Waals surface area (Å²) in [6, 6.07) is 1.18. The van der Waals surface area contributed by atoms with E-state index in [1.165, 1.54) is 135 Å². The molecule has 32 heavy (non-hydrogen) atoms. The largest absolute Gasteiger partial charge is 0.353 e. The standard InChI is InChI=1S/C29H57N3/c1-5-9-17-25(7-3)23-32(24-26(8-4)18-10-6-2)29(30-27-19-13-11-14-20-27)31-28-21-15-12-16-22-28/h25-28H,5-24H2,1-4H3,(H,30,31). The molecule has 2 fully saturated rings. The summed E-state index contributed by atoms with van der Waals surface area (Å²) in [7, 11) is 0. The summed E-state index contributed by atoms with van der Waals surface area (Å²) in [6.07, 6.45) is 24.3. The zero-order valence-electron chi connectivity index (χ0n) is 22.3. The van der Waals surface area contributed by atoms with Crippen LogP contribution in [0.25, 0.3) is 0 Å². The van der Waals surface area contributed by atoms with Gasteiger partial charge in [0, 0.05) is 19.1 Å². The maximum atomic E-state index is 5.50. The second-order valence-corrected chi connectivity index (χ2v) is 11.0. The third-order valence-electron chi connectivity index (χ3n) is 8.16. The number of unbranched alkanes of at least 4 members (excludes halogenated alkanes) is 2. The second-order valence-electron chi connectivity index (χ2n) is 11.0. The lowest BCUT2D eigenvalue weighted by Gasteiger charge is -2.37. The van der Waals surface area contributed by atoms with E-state index in [1.807, 2.05) is 0 Å². The quantitative estimate of drug-likeness (QED) is 0.214. The number of hydrogen-bond acceptors (Lipinski definition) is 1. The fourth-order valence-electron chi connectivity index (χ4n) is 5.73. The molecule has 0 aromatic carbocycles. The van der Waals surface area contributed by atoms with Crippen LogP contribution in [0.2, 0.25) is 0 Å². The molecular formula is C29H57N3. The predicted octanol–water partition coefficient (Wildman–Crippen LogP) is 8.33. The number of guanidine groups is 1. The Morgan fingerprint density at radius 2 is 1.25 bits per heavy atom. The third kappa shape index (κ3) is 10.5.